The van der Waals surface area contributed by atoms with Crippen LogP contribution in [-0.4, -0.2) is 27.5 Å². The van der Waals surface area contributed by atoms with Gasteiger partial charge >= 0.3 is 5.97 Å². The molecule has 1 heterocycles. The maximum absolute atomic E-state index is 11.7. The van der Waals surface area contributed by atoms with E-state index in [0.717, 1.165) is 6.08 Å². The van der Waals surface area contributed by atoms with Crippen molar-refractivity contribution in [3.63, 3.8) is 0 Å². The minimum absolute atomic E-state index is 0.175. The number of rotatable bonds is 4. The van der Waals surface area contributed by atoms with Crippen molar-refractivity contribution in [2.45, 2.75) is 25.4 Å². The third-order valence-electron chi connectivity index (χ3n) is 1.98. The summed E-state index contributed by atoms with van der Waals surface area (Å²) in [6.45, 7) is 1.42. The SMILES string of the molecule is CC1(C(=O)O)CC(SCCC=C(F)F)=NO1. The van der Waals surface area contributed by atoms with Gasteiger partial charge in [0.05, 0.1) is 6.42 Å². The van der Waals surface area contributed by atoms with Crippen molar-refractivity contribution in [1.82, 2.24) is 0 Å². The van der Waals surface area contributed by atoms with Gasteiger partial charge in [-0.25, -0.2) is 4.79 Å². The fourth-order valence-electron chi connectivity index (χ4n) is 1.04. The summed E-state index contributed by atoms with van der Waals surface area (Å²) < 4.78 is 23.4. The highest BCUT2D eigenvalue weighted by molar-refractivity contribution is 8.13. The summed E-state index contributed by atoms with van der Waals surface area (Å²) in [5, 5.41) is 13.0. The molecule has 0 saturated carbocycles. The zero-order chi connectivity index (χ0) is 12.2. The van der Waals surface area contributed by atoms with Crippen LogP contribution in [0.1, 0.15) is 19.8 Å². The van der Waals surface area contributed by atoms with Gasteiger partial charge in [-0.3, -0.25) is 0 Å². The summed E-state index contributed by atoms with van der Waals surface area (Å²) in [7, 11) is 0. The molecule has 0 aromatic rings. The molecule has 1 atom stereocenters. The van der Waals surface area contributed by atoms with Crippen molar-refractivity contribution in [2.24, 2.45) is 5.16 Å². The van der Waals surface area contributed by atoms with Crippen molar-refractivity contribution < 1.29 is 23.5 Å². The molecule has 90 valence electrons. The van der Waals surface area contributed by atoms with E-state index >= 15 is 0 Å². The van der Waals surface area contributed by atoms with E-state index in [0.29, 0.717) is 10.8 Å². The first-order valence-electron chi connectivity index (χ1n) is 4.56. The van der Waals surface area contributed by atoms with Gasteiger partial charge in [-0.1, -0.05) is 5.16 Å². The van der Waals surface area contributed by atoms with Crippen molar-refractivity contribution in [2.75, 3.05) is 5.75 Å². The minimum atomic E-state index is -1.71. The quantitative estimate of drug-likeness (QED) is 0.780. The normalized spacial score (nSPS) is 23.6. The van der Waals surface area contributed by atoms with Crippen LogP contribution < -0.4 is 0 Å². The van der Waals surface area contributed by atoms with Crippen LogP contribution in [0, 0.1) is 0 Å². The number of aliphatic carboxylic acids is 1. The standard InChI is InChI=1S/C9H11F2NO3S/c1-9(8(13)14)5-7(12-15-9)16-4-2-3-6(10)11/h3H,2,4-5H2,1H3,(H,13,14). The molecule has 0 aromatic heterocycles. The van der Waals surface area contributed by atoms with Crippen LogP contribution in [0.3, 0.4) is 0 Å². The number of thioether (sulfide) groups is 1. The van der Waals surface area contributed by atoms with Crippen LogP contribution >= 0.6 is 11.8 Å². The molecule has 0 amide bonds. The van der Waals surface area contributed by atoms with E-state index in [2.05, 4.69) is 5.16 Å². The van der Waals surface area contributed by atoms with E-state index in [1.54, 1.807) is 0 Å². The molecule has 1 aliphatic heterocycles. The Morgan fingerprint density at radius 1 is 1.75 bits per heavy atom. The second-order valence-corrected chi connectivity index (χ2v) is 4.59. The Morgan fingerprint density at radius 2 is 2.44 bits per heavy atom. The maximum atomic E-state index is 11.7. The molecule has 0 spiro atoms. The lowest BCUT2D eigenvalue weighted by Gasteiger charge is -2.14. The molecule has 0 saturated heterocycles. The fraction of sp³-hybridized carbons (Fsp3) is 0.556. The van der Waals surface area contributed by atoms with Gasteiger partial charge in [0.1, 0.15) is 5.04 Å². The molecule has 0 aromatic carbocycles. The third kappa shape index (κ3) is 3.48. The Labute approximate surface area is 95.3 Å². The number of carboxylic acid groups (broad SMARTS) is 1. The second-order valence-electron chi connectivity index (χ2n) is 3.42. The van der Waals surface area contributed by atoms with E-state index in [4.69, 9.17) is 9.94 Å². The molecule has 0 radical (unpaired) electrons. The number of nitrogens with zero attached hydrogens (tertiary/aromatic N) is 1. The molecule has 1 unspecified atom stereocenters. The maximum Gasteiger partial charge on any atom is 0.351 e. The number of halogens is 2. The lowest BCUT2D eigenvalue weighted by molar-refractivity contribution is -0.160. The molecular weight excluding hydrogens is 240 g/mol. The van der Waals surface area contributed by atoms with E-state index in [9.17, 15) is 13.6 Å². The Kier molecular flexibility index (Phi) is 4.28. The Balaban J connectivity index is 2.32. The first-order chi connectivity index (χ1) is 7.44. The first-order valence-corrected chi connectivity index (χ1v) is 5.55. The van der Waals surface area contributed by atoms with Crippen LogP contribution in [-0.2, 0) is 9.63 Å². The van der Waals surface area contributed by atoms with Crippen molar-refractivity contribution in [1.29, 1.82) is 0 Å². The van der Waals surface area contributed by atoms with Crippen molar-refractivity contribution in [3.05, 3.63) is 12.2 Å². The summed E-state index contributed by atoms with van der Waals surface area (Å²) >= 11 is 1.23. The summed E-state index contributed by atoms with van der Waals surface area (Å²) in [5.41, 5.74) is -1.32. The van der Waals surface area contributed by atoms with Gasteiger partial charge in [0.25, 0.3) is 6.08 Å². The second kappa shape index (κ2) is 5.29. The van der Waals surface area contributed by atoms with Gasteiger partial charge in [-0.05, 0) is 19.4 Å². The topological polar surface area (TPSA) is 58.9 Å². The van der Waals surface area contributed by atoms with Crippen LogP contribution in [0.4, 0.5) is 8.78 Å². The Hall–Kier alpha value is -1.11. The summed E-state index contributed by atoms with van der Waals surface area (Å²) in [6.07, 6.45) is -0.495. The number of carboxylic acids is 1. The monoisotopic (exact) mass is 251 g/mol. The lowest BCUT2D eigenvalue weighted by atomic mass is 10.1. The number of allylic oxidation sites excluding steroid dienone is 1. The van der Waals surface area contributed by atoms with Crippen molar-refractivity contribution in [3.8, 4) is 0 Å². The Bertz CT molecular complexity index is 342. The molecule has 0 fully saturated rings. The average molecular weight is 251 g/mol. The summed E-state index contributed by atoms with van der Waals surface area (Å²) in [5.74, 6) is -0.656. The van der Waals surface area contributed by atoms with Gasteiger partial charge < -0.3 is 9.94 Å². The summed E-state index contributed by atoms with van der Waals surface area (Å²) in [4.78, 5) is 15.6. The molecule has 7 heteroatoms. The highest BCUT2D eigenvalue weighted by Gasteiger charge is 2.42. The molecular formula is C9H11F2NO3S. The van der Waals surface area contributed by atoms with E-state index in [-0.39, 0.29) is 12.8 Å². The molecule has 4 nitrogen and oxygen atoms in total. The number of carbonyl (C=O) groups is 1. The molecule has 0 aliphatic carbocycles. The van der Waals surface area contributed by atoms with Gasteiger partial charge in [0.15, 0.2) is 0 Å². The predicted molar refractivity (Wildman–Crippen MR) is 56.6 cm³/mol. The predicted octanol–water partition coefficient (Wildman–Crippen LogP) is 2.47. The number of oxime groups is 1. The molecule has 0 bridgehead atoms. The van der Waals surface area contributed by atoms with Crippen LogP contribution in [0.15, 0.2) is 17.3 Å². The Morgan fingerprint density at radius 3 is 2.94 bits per heavy atom. The highest BCUT2D eigenvalue weighted by Crippen LogP contribution is 2.28. The van der Waals surface area contributed by atoms with Crippen molar-refractivity contribution >= 4 is 22.8 Å². The third-order valence-corrected chi connectivity index (χ3v) is 2.97. The molecule has 16 heavy (non-hydrogen) atoms. The molecule has 1 rings (SSSR count). The first kappa shape index (κ1) is 13.0. The number of hydrogen-bond acceptors (Lipinski definition) is 4. The van der Waals surface area contributed by atoms with E-state index < -0.39 is 17.7 Å². The zero-order valence-electron chi connectivity index (χ0n) is 8.57. The lowest BCUT2D eigenvalue weighted by Crippen LogP contribution is -2.34. The minimum Gasteiger partial charge on any atom is -0.478 e. The van der Waals surface area contributed by atoms with E-state index in [1.165, 1.54) is 18.7 Å². The van der Waals surface area contributed by atoms with E-state index in [1.807, 2.05) is 0 Å². The highest BCUT2D eigenvalue weighted by atomic mass is 32.2. The summed E-state index contributed by atoms with van der Waals surface area (Å²) in [6, 6.07) is 0. The molecule has 1 N–H and O–H groups in total. The smallest absolute Gasteiger partial charge is 0.351 e. The van der Waals surface area contributed by atoms with Crippen LogP contribution in [0.2, 0.25) is 0 Å². The van der Waals surface area contributed by atoms with Gasteiger partial charge in [0, 0.05) is 5.75 Å². The van der Waals surface area contributed by atoms with Gasteiger partial charge in [0.2, 0.25) is 5.60 Å². The molecule has 1 aliphatic rings. The fourth-order valence-corrected chi connectivity index (χ4v) is 1.98. The van der Waals surface area contributed by atoms with Gasteiger partial charge in [-0.2, -0.15) is 8.78 Å². The number of hydrogen-bond donors (Lipinski definition) is 1. The van der Waals surface area contributed by atoms with Gasteiger partial charge in [-0.15, -0.1) is 11.8 Å². The largest absolute Gasteiger partial charge is 0.478 e. The average Bonchev–Trinajstić information content (AvgIpc) is 2.56. The van der Waals surface area contributed by atoms with Crippen LogP contribution in [0.5, 0.6) is 0 Å². The van der Waals surface area contributed by atoms with Crippen LogP contribution in [0.25, 0.3) is 0 Å². The zero-order valence-corrected chi connectivity index (χ0v) is 9.39.